The zero-order chi connectivity index (χ0) is 10.6. The molecule has 0 aliphatic carbocycles. The van der Waals surface area contributed by atoms with Crippen LogP contribution in [0.2, 0.25) is 0 Å². The van der Waals surface area contributed by atoms with E-state index >= 15 is 0 Å². The highest BCUT2D eigenvalue weighted by Crippen LogP contribution is 2.17. The minimum Gasteiger partial charge on any atom is -0.397 e. The standard InChI is InChI=1S/C11H19N3/c1-9(8-14(2)3)13-11-7-5-4-6-10(11)12/h4-7,9,13H,8,12H2,1-3H3. The average Bonchev–Trinajstić information content (AvgIpc) is 2.07. The molecule has 0 aliphatic heterocycles. The molecule has 0 spiro atoms. The van der Waals surface area contributed by atoms with Crippen LogP contribution in [0.5, 0.6) is 0 Å². The number of hydrogen-bond donors (Lipinski definition) is 2. The van der Waals surface area contributed by atoms with Crippen LogP contribution in [0, 0.1) is 0 Å². The summed E-state index contributed by atoms with van der Waals surface area (Å²) in [6, 6.07) is 8.24. The third-order valence-corrected chi connectivity index (χ3v) is 2.00. The minimum absolute atomic E-state index is 0.398. The Kier molecular flexibility index (Phi) is 3.77. The maximum absolute atomic E-state index is 5.82. The van der Waals surface area contributed by atoms with E-state index in [0.29, 0.717) is 6.04 Å². The van der Waals surface area contributed by atoms with Crippen LogP contribution in [0.4, 0.5) is 11.4 Å². The maximum Gasteiger partial charge on any atom is 0.0576 e. The Balaban J connectivity index is 2.56. The summed E-state index contributed by atoms with van der Waals surface area (Å²) >= 11 is 0. The second-order valence-electron chi connectivity index (χ2n) is 3.89. The fourth-order valence-corrected chi connectivity index (χ4v) is 1.49. The molecular formula is C11H19N3. The molecule has 0 saturated carbocycles. The van der Waals surface area contributed by atoms with Gasteiger partial charge in [-0.05, 0) is 33.2 Å². The number of nitrogens with zero attached hydrogens (tertiary/aromatic N) is 1. The molecule has 0 aromatic heterocycles. The summed E-state index contributed by atoms with van der Waals surface area (Å²) in [5.41, 5.74) is 7.64. The van der Waals surface area contributed by atoms with Gasteiger partial charge in [0, 0.05) is 12.6 Å². The van der Waals surface area contributed by atoms with Crippen LogP contribution in [-0.4, -0.2) is 31.6 Å². The summed E-state index contributed by atoms with van der Waals surface area (Å²) < 4.78 is 0. The lowest BCUT2D eigenvalue weighted by Gasteiger charge is -2.20. The summed E-state index contributed by atoms with van der Waals surface area (Å²) in [7, 11) is 4.12. The van der Waals surface area contributed by atoms with Gasteiger partial charge in [0.15, 0.2) is 0 Å². The van der Waals surface area contributed by atoms with E-state index in [2.05, 4.69) is 31.2 Å². The number of benzene rings is 1. The van der Waals surface area contributed by atoms with Crippen molar-refractivity contribution in [1.29, 1.82) is 0 Å². The number of nitrogens with one attached hydrogen (secondary N) is 1. The number of rotatable bonds is 4. The van der Waals surface area contributed by atoms with E-state index in [1.54, 1.807) is 0 Å². The predicted octanol–water partition coefficient (Wildman–Crippen LogP) is 1.63. The van der Waals surface area contributed by atoms with E-state index in [-0.39, 0.29) is 0 Å². The van der Waals surface area contributed by atoms with Gasteiger partial charge in [0.25, 0.3) is 0 Å². The maximum atomic E-state index is 5.82. The number of para-hydroxylation sites is 2. The topological polar surface area (TPSA) is 41.3 Å². The highest BCUT2D eigenvalue weighted by molar-refractivity contribution is 5.65. The molecular weight excluding hydrogens is 174 g/mol. The molecule has 78 valence electrons. The van der Waals surface area contributed by atoms with Crippen LogP contribution < -0.4 is 11.1 Å². The van der Waals surface area contributed by atoms with Gasteiger partial charge in [-0.2, -0.15) is 0 Å². The lowest BCUT2D eigenvalue weighted by molar-refractivity contribution is 0.392. The van der Waals surface area contributed by atoms with Gasteiger partial charge in [0.2, 0.25) is 0 Å². The summed E-state index contributed by atoms with van der Waals surface area (Å²) in [6.45, 7) is 3.14. The molecule has 0 bridgehead atoms. The molecule has 3 N–H and O–H groups in total. The summed E-state index contributed by atoms with van der Waals surface area (Å²) in [4.78, 5) is 2.15. The first-order chi connectivity index (χ1) is 6.59. The number of nitrogens with two attached hydrogens (primary N) is 1. The van der Waals surface area contributed by atoms with E-state index < -0.39 is 0 Å². The molecule has 1 aromatic carbocycles. The van der Waals surface area contributed by atoms with Crippen molar-refractivity contribution < 1.29 is 0 Å². The van der Waals surface area contributed by atoms with Gasteiger partial charge in [-0.3, -0.25) is 0 Å². The van der Waals surface area contributed by atoms with Gasteiger partial charge in [-0.1, -0.05) is 12.1 Å². The molecule has 0 radical (unpaired) electrons. The summed E-state index contributed by atoms with van der Waals surface area (Å²) in [5.74, 6) is 0. The van der Waals surface area contributed by atoms with Crippen LogP contribution in [-0.2, 0) is 0 Å². The number of anilines is 2. The Labute approximate surface area is 85.9 Å². The highest BCUT2D eigenvalue weighted by Gasteiger charge is 2.04. The first-order valence-corrected chi connectivity index (χ1v) is 4.85. The third kappa shape index (κ3) is 3.26. The summed E-state index contributed by atoms with van der Waals surface area (Å²) in [6.07, 6.45) is 0. The second-order valence-corrected chi connectivity index (χ2v) is 3.89. The van der Waals surface area contributed by atoms with Crippen molar-refractivity contribution in [1.82, 2.24) is 4.90 Å². The molecule has 0 saturated heterocycles. The molecule has 1 rings (SSSR count). The normalized spacial score (nSPS) is 12.9. The first-order valence-electron chi connectivity index (χ1n) is 4.85. The van der Waals surface area contributed by atoms with Crippen LogP contribution in [0.25, 0.3) is 0 Å². The Hall–Kier alpha value is -1.22. The van der Waals surface area contributed by atoms with E-state index in [0.717, 1.165) is 17.9 Å². The van der Waals surface area contributed by atoms with Gasteiger partial charge in [0.05, 0.1) is 11.4 Å². The van der Waals surface area contributed by atoms with E-state index in [1.807, 2.05) is 24.3 Å². The molecule has 1 unspecified atom stereocenters. The summed E-state index contributed by atoms with van der Waals surface area (Å²) in [5, 5.41) is 3.37. The molecule has 1 atom stereocenters. The van der Waals surface area contributed by atoms with Crippen LogP contribution in [0.3, 0.4) is 0 Å². The number of nitrogen functional groups attached to an aromatic ring is 1. The zero-order valence-electron chi connectivity index (χ0n) is 9.12. The van der Waals surface area contributed by atoms with Crippen molar-refractivity contribution in [3.05, 3.63) is 24.3 Å². The van der Waals surface area contributed by atoms with Crippen LogP contribution in [0.15, 0.2) is 24.3 Å². The highest BCUT2D eigenvalue weighted by atomic mass is 15.1. The van der Waals surface area contributed by atoms with Crippen molar-refractivity contribution in [2.75, 3.05) is 31.7 Å². The molecule has 14 heavy (non-hydrogen) atoms. The van der Waals surface area contributed by atoms with Gasteiger partial charge in [0.1, 0.15) is 0 Å². The smallest absolute Gasteiger partial charge is 0.0576 e. The Morgan fingerprint density at radius 1 is 1.36 bits per heavy atom. The molecule has 0 amide bonds. The minimum atomic E-state index is 0.398. The van der Waals surface area contributed by atoms with Crippen molar-refractivity contribution in [3.8, 4) is 0 Å². The van der Waals surface area contributed by atoms with Gasteiger partial charge in [-0.25, -0.2) is 0 Å². The predicted molar refractivity (Wildman–Crippen MR) is 62.5 cm³/mol. The Morgan fingerprint density at radius 3 is 2.57 bits per heavy atom. The lowest BCUT2D eigenvalue weighted by atomic mass is 10.2. The molecule has 0 heterocycles. The molecule has 3 heteroatoms. The third-order valence-electron chi connectivity index (χ3n) is 2.00. The second kappa shape index (κ2) is 4.86. The van der Waals surface area contributed by atoms with Gasteiger partial charge in [-0.15, -0.1) is 0 Å². The van der Waals surface area contributed by atoms with E-state index in [9.17, 15) is 0 Å². The fraction of sp³-hybridized carbons (Fsp3) is 0.455. The van der Waals surface area contributed by atoms with Crippen molar-refractivity contribution >= 4 is 11.4 Å². The molecule has 1 aromatic rings. The van der Waals surface area contributed by atoms with Crippen molar-refractivity contribution in [3.63, 3.8) is 0 Å². The van der Waals surface area contributed by atoms with Crippen LogP contribution in [0.1, 0.15) is 6.92 Å². The largest absolute Gasteiger partial charge is 0.397 e. The Bertz CT molecular complexity index is 284. The SMILES string of the molecule is CC(CN(C)C)Nc1ccccc1N. The van der Waals surface area contributed by atoms with Gasteiger partial charge >= 0.3 is 0 Å². The zero-order valence-corrected chi connectivity index (χ0v) is 9.12. The van der Waals surface area contributed by atoms with Crippen molar-refractivity contribution in [2.45, 2.75) is 13.0 Å². The number of hydrogen-bond acceptors (Lipinski definition) is 3. The molecule has 0 fully saturated rings. The van der Waals surface area contributed by atoms with Gasteiger partial charge < -0.3 is 16.0 Å². The lowest BCUT2D eigenvalue weighted by Crippen LogP contribution is -2.29. The Morgan fingerprint density at radius 2 is 2.00 bits per heavy atom. The van der Waals surface area contributed by atoms with Crippen molar-refractivity contribution in [2.24, 2.45) is 0 Å². The van der Waals surface area contributed by atoms with E-state index in [4.69, 9.17) is 5.73 Å². The van der Waals surface area contributed by atoms with Crippen LogP contribution >= 0.6 is 0 Å². The molecule has 0 aliphatic rings. The first kappa shape index (κ1) is 10.9. The fourth-order valence-electron chi connectivity index (χ4n) is 1.49. The monoisotopic (exact) mass is 193 g/mol. The average molecular weight is 193 g/mol. The van der Waals surface area contributed by atoms with E-state index in [1.165, 1.54) is 0 Å². The quantitative estimate of drug-likeness (QED) is 0.714. The molecule has 3 nitrogen and oxygen atoms in total. The number of likely N-dealkylation sites (N-methyl/N-ethyl adjacent to an activating group) is 1.